The smallest absolute Gasteiger partial charge is 0.338 e. The summed E-state index contributed by atoms with van der Waals surface area (Å²) in [5.41, 5.74) is -1.29. The monoisotopic (exact) mass is 216 g/mol. The third kappa shape index (κ3) is 3.82. The normalized spacial score (nSPS) is 16.9. The first-order valence-electron chi connectivity index (χ1n) is 5.92. The van der Waals surface area contributed by atoms with Crippen LogP contribution in [0.15, 0.2) is 0 Å². The van der Waals surface area contributed by atoms with Gasteiger partial charge in [-0.1, -0.05) is 33.6 Å². The fourth-order valence-corrected chi connectivity index (χ4v) is 1.86. The van der Waals surface area contributed by atoms with Crippen molar-refractivity contribution < 1.29 is 14.6 Å². The van der Waals surface area contributed by atoms with Gasteiger partial charge in [-0.3, -0.25) is 0 Å². The van der Waals surface area contributed by atoms with E-state index in [1.165, 1.54) is 0 Å². The van der Waals surface area contributed by atoms with Gasteiger partial charge in [0.1, 0.15) is 0 Å². The van der Waals surface area contributed by atoms with E-state index in [0.717, 1.165) is 19.3 Å². The van der Waals surface area contributed by atoms with Crippen molar-refractivity contribution in [1.82, 2.24) is 0 Å². The molecule has 0 heterocycles. The zero-order valence-corrected chi connectivity index (χ0v) is 10.4. The molecule has 0 amide bonds. The van der Waals surface area contributed by atoms with Crippen molar-refractivity contribution in [3.05, 3.63) is 0 Å². The first-order chi connectivity index (χ1) is 7.02. The van der Waals surface area contributed by atoms with Gasteiger partial charge in [-0.05, 0) is 25.7 Å². The van der Waals surface area contributed by atoms with Crippen LogP contribution >= 0.6 is 0 Å². The molecule has 3 nitrogen and oxygen atoms in total. The van der Waals surface area contributed by atoms with Crippen LogP contribution in [-0.2, 0) is 9.53 Å². The van der Waals surface area contributed by atoms with Gasteiger partial charge in [0.15, 0.2) is 5.60 Å². The molecule has 0 spiro atoms. The second-order valence-corrected chi connectivity index (χ2v) is 4.08. The van der Waals surface area contributed by atoms with Crippen LogP contribution in [0, 0.1) is 5.92 Å². The van der Waals surface area contributed by atoms with Crippen LogP contribution in [0.25, 0.3) is 0 Å². The van der Waals surface area contributed by atoms with Gasteiger partial charge in [-0.25, -0.2) is 4.79 Å². The molecule has 0 fully saturated rings. The highest BCUT2D eigenvalue weighted by Crippen LogP contribution is 2.28. The lowest BCUT2D eigenvalue weighted by atomic mass is 9.82. The second kappa shape index (κ2) is 6.83. The Labute approximate surface area is 92.8 Å². The summed E-state index contributed by atoms with van der Waals surface area (Å²) in [6.45, 7) is 8.01. The van der Waals surface area contributed by atoms with E-state index in [9.17, 15) is 9.90 Å². The van der Waals surface area contributed by atoms with Gasteiger partial charge in [-0.2, -0.15) is 0 Å². The average Bonchev–Trinajstić information content (AvgIpc) is 2.18. The van der Waals surface area contributed by atoms with E-state index in [1.807, 2.05) is 20.8 Å². The molecule has 0 radical (unpaired) electrons. The number of rotatable bonds is 7. The minimum absolute atomic E-state index is 0.0403. The van der Waals surface area contributed by atoms with Crippen molar-refractivity contribution in [2.45, 2.75) is 59.0 Å². The van der Waals surface area contributed by atoms with Crippen LogP contribution in [0.3, 0.4) is 0 Å². The molecule has 2 atom stereocenters. The van der Waals surface area contributed by atoms with E-state index < -0.39 is 11.6 Å². The van der Waals surface area contributed by atoms with Gasteiger partial charge in [0.05, 0.1) is 6.61 Å². The Morgan fingerprint density at radius 3 is 2.33 bits per heavy atom. The summed E-state index contributed by atoms with van der Waals surface area (Å²) >= 11 is 0. The minimum atomic E-state index is -1.29. The lowest BCUT2D eigenvalue weighted by Gasteiger charge is -2.31. The van der Waals surface area contributed by atoms with Crippen molar-refractivity contribution in [3.63, 3.8) is 0 Å². The topological polar surface area (TPSA) is 46.5 Å². The molecule has 0 aliphatic rings. The standard InChI is InChI=1S/C12H24O3/c1-5-8-10(4)12(14,9-6-2)11(13)15-7-3/h10,14H,5-9H2,1-4H3. The summed E-state index contributed by atoms with van der Waals surface area (Å²) in [7, 11) is 0. The van der Waals surface area contributed by atoms with Crippen molar-refractivity contribution in [3.8, 4) is 0 Å². The van der Waals surface area contributed by atoms with Gasteiger partial charge in [0.25, 0.3) is 0 Å². The number of esters is 1. The molecule has 0 aromatic carbocycles. The van der Waals surface area contributed by atoms with Crippen LogP contribution < -0.4 is 0 Å². The van der Waals surface area contributed by atoms with Crippen molar-refractivity contribution in [2.24, 2.45) is 5.92 Å². The third-order valence-corrected chi connectivity index (χ3v) is 2.80. The first kappa shape index (κ1) is 14.4. The molecule has 0 saturated carbocycles. The zero-order valence-electron chi connectivity index (χ0n) is 10.4. The van der Waals surface area contributed by atoms with Gasteiger partial charge >= 0.3 is 5.97 Å². The molecular formula is C12H24O3. The Kier molecular flexibility index (Phi) is 6.57. The van der Waals surface area contributed by atoms with E-state index in [4.69, 9.17) is 4.74 Å². The van der Waals surface area contributed by atoms with Gasteiger partial charge in [0, 0.05) is 0 Å². The largest absolute Gasteiger partial charge is 0.464 e. The molecule has 3 heteroatoms. The fourth-order valence-electron chi connectivity index (χ4n) is 1.86. The molecule has 0 aromatic rings. The zero-order chi connectivity index (χ0) is 11.9. The van der Waals surface area contributed by atoms with Crippen LogP contribution in [0.4, 0.5) is 0 Å². The highest BCUT2D eigenvalue weighted by atomic mass is 16.5. The molecule has 0 bridgehead atoms. The van der Waals surface area contributed by atoms with Gasteiger partial charge in [-0.15, -0.1) is 0 Å². The molecule has 0 saturated heterocycles. The predicted molar refractivity (Wildman–Crippen MR) is 60.6 cm³/mol. The Morgan fingerprint density at radius 1 is 1.33 bits per heavy atom. The molecule has 1 N–H and O–H groups in total. The van der Waals surface area contributed by atoms with Crippen LogP contribution in [0.1, 0.15) is 53.4 Å². The van der Waals surface area contributed by atoms with E-state index in [0.29, 0.717) is 13.0 Å². The Morgan fingerprint density at radius 2 is 1.93 bits per heavy atom. The van der Waals surface area contributed by atoms with Gasteiger partial charge in [0.2, 0.25) is 0 Å². The summed E-state index contributed by atoms with van der Waals surface area (Å²) in [4.78, 5) is 11.7. The highest BCUT2D eigenvalue weighted by molar-refractivity contribution is 5.79. The Balaban J connectivity index is 4.62. The molecule has 0 rings (SSSR count). The number of ether oxygens (including phenoxy) is 1. The maximum Gasteiger partial charge on any atom is 0.338 e. The minimum Gasteiger partial charge on any atom is -0.464 e. The third-order valence-electron chi connectivity index (χ3n) is 2.80. The second-order valence-electron chi connectivity index (χ2n) is 4.08. The number of carbonyl (C=O) groups excluding carboxylic acids is 1. The maximum atomic E-state index is 11.7. The van der Waals surface area contributed by atoms with Crippen LogP contribution in [-0.4, -0.2) is 23.3 Å². The Bertz CT molecular complexity index is 191. The number of hydrogen-bond acceptors (Lipinski definition) is 3. The summed E-state index contributed by atoms with van der Waals surface area (Å²) in [6.07, 6.45) is 3.07. The average molecular weight is 216 g/mol. The molecule has 0 aliphatic carbocycles. The molecular weight excluding hydrogens is 192 g/mol. The summed E-state index contributed by atoms with van der Waals surface area (Å²) in [5.74, 6) is -0.505. The SMILES string of the molecule is CCCC(C)C(O)(CCC)C(=O)OCC. The molecule has 0 aromatic heterocycles. The Hall–Kier alpha value is -0.570. The van der Waals surface area contributed by atoms with Crippen molar-refractivity contribution >= 4 is 5.97 Å². The molecule has 15 heavy (non-hydrogen) atoms. The van der Waals surface area contributed by atoms with Gasteiger partial charge < -0.3 is 9.84 Å². The van der Waals surface area contributed by atoms with Crippen molar-refractivity contribution in [1.29, 1.82) is 0 Å². The molecule has 90 valence electrons. The van der Waals surface area contributed by atoms with E-state index >= 15 is 0 Å². The maximum absolute atomic E-state index is 11.7. The summed E-state index contributed by atoms with van der Waals surface area (Å²) in [5, 5.41) is 10.3. The van der Waals surface area contributed by atoms with Crippen LogP contribution in [0.2, 0.25) is 0 Å². The number of hydrogen-bond donors (Lipinski definition) is 1. The van der Waals surface area contributed by atoms with E-state index in [2.05, 4.69) is 0 Å². The fraction of sp³-hybridized carbons (Fsp3) is 0.917. The molecule has 0 aliphatic heterocycles. The van der Waals surface area contributed by atoms with Crippen LogP contribution in [0.5, 0.6) is 0 Å². The number of aliphatic hydroxyl groups is 1. The number of carbonyl (C=O) groups is 1. The lowest BCUT2D eigenvalue weighted by Crippen LogP contribution is -2.46. The summed E-state index contributed by atoms with van der Waals surface area (Å²) < 4.78 is 4.94. The first-order valence-corrected chi connectivity index (χ1v) is 5.92. The molecule has 2 unspecified atom stereocenters. The quantitative estimate of drug-likeness (QED) is 0.665. The highest BCUT2D eigenvalue weighted by Gasteiger charge is 2.41. The summed E-state index contributed by atoms with van der Waals surface area (Å²) in [6, 6.07) is 0. The van der Waals surface area contributed by atoms with E-state index in [-0.39, 0.29) is 5.92 Å². The van der Waals surface area contributed by atoms with E-state index in [1.54, 1.807) is 6.92 Å². The lowest BCUT2D eigenvalue weighted by molar-refractivity contribution is -0.172. The predicted octanol–water partition coefficient (Wildman–Crippen LogP) is 2.52. The van der Waals surface area contributed by atoms with Crippen molar-refractivity contribution in [2.75, 3.05) is 6.61 Å².